The normalized spacial score (nSPS) is 12.4. The molecule has 0 aliphatic carbocycles. The van der Waals surface area contributed by atoms with E-state index in [9.17, 15) is 13.2 Å². The van der Waals surface area contributed by atoms with Crippen molar-refractivity contribution in [1.82, 2.24) is 5.32 Å². The molecule has 3 rings (SSSR count). The molecule has 1 N–H and O–H groups in total. The van der Waals surface area contributed by atoms with E-state index in [-0.39, 0.29) is 16.8 Å². The van der Waals surface area contributed by atoms with E-state index in [2.05, 4.69) is 19.2 Å². The van der Waals surface area contributed by atoms with E-state index < -0.39 is 10.0 Å². The van der Waals surface area contributed by atoms with Crippen molar-refractivity contribution in [3.8, 4) is 0 Å². The minimum absolute atomic E-state index is 0.171. The van der Waals surface area contributed by atoms with Crippen LogP contribution >= 0.6 is 0 Å². The Bertz CT molecular complexity index is 1160. The average Bonchev–Trinajstić information content (AvgIpc) is 2.78. The van der Waals surface area contributed by atoms with Crippen molar-refractivity contribution < 1.29 is 13.2 Å². The number of anilines is 1. The van der Waals surface area contributed by atoms with Crippen molar-refractivity contribution in [1.29, 1.82) is 0 Å². The first-order valence-electron chi connectivity index (χ1n) is 10.7. The van der Waals surface area contributed by atoms with Crippen molar-refractivity contribution in [2.45, 2.75) is 38.1 Å². The lowest BCUT2D eigenvalue weighted by Gasteiger charge is -2.25. The average molecular weight is 451 g/mol. The van der Waals surface area contributed by atoms with Gasteiger partial charge in [0, 0.05) is 7.05 Å². The minimum atomic E-state index is -3.81. The standard InChI is InChI=1S/C26H30N2O3S/c1-19(2)18-24(21-10-6-5-7-11-21)27-26(29)23-12-8-9-13-25(23)28(4)32(30,31)22-16-14-20(3)15-17-22/h5-17,19,24H,18H2,1-4H3,(H,27,29). The van der Waals surface area contributed by atoms with Crippen LogP contribution in [0.1, 0.15) is 47.8 Å². The van der Waals surface area contributed by atoms with Crippen LogP contribution in [-0.2, 0) is 10.0 Å². The molecule has 0 spiro atoms. The topological polar surface area (TPSA) is 66.5 Å². The van der Waals surface area contributed by atoms with Gasteiger partial charge in [0.1, 0.15) is 0 Å². The number of benzene rings is 3. The van der Waals surface area contributed by atoms with Crippen LogP contribution in [-0.4, -0.2) is 21.4 Å². The molecule has 0 fully saturated rings. The number of carbonyl (C=O) groups excluding carboxylic acids is 1. The van der Waals surface area contributed by atoms with Crippen molar-refractivity contribution >= 4 is 21.6 Å². The van der Waals surface area contributed by atoms with Gasteiger partial charge in [-0.2, -0.15) is 0 Å². The van der Waals surface area contributed by atoms with Crippen molar-refractivity contribution in [2.75, 3.05) is 11.4 Å². The molecule has 32 heavy (non-hydrogen) atoms. The zero-order valence-electron chi connectivity index (χ0n) is 18.9. The van der Waals surface area contributed by atoms with Crippen molar-refractivity contribution in [2.24, 2.45) is 5.92 Å². The molecule has 0 aliphatic heterocycles. The molecule has 0 aliphatic rings. The number of sulfonamides is 1. The molecular formula is C26H30N2O3S. The van der Waals surface area contributed by atoms with Crippen LogP contribution < -0.4 is 9.62 Å². The predicted octanol–water partition coefficient (Wildman–Crippen LogP) is 5.34. The van der Waals surface area contributed by atoms with Gasteiger partial charge < -0.3 is 5.32 Å². The number of amides is 1. The molecule has 6 heteroatoms. The highest BCUT2D eigenvalue weighted by atomic mass is 32.2. The summed E-state index contributed by atoms with van der Waals surface area (Å²) in [6.07, 6.45) is 0.773. The van der Waals surface area contributed by atoms with Gasteiger partial charge in [-0.25, -0.2) is 8.42 Å². The Hall–Kier alpha value is -3.12. The summed E-state index contributed by atoms with van der Waals surface area (Å²) in [5.41, 5.74) is 2.65. The van der Waals surface area contributed by atoms with E-state index in [1.165, 1.54) is 11.4 Å². The molecule has 168 valence electrons. The predicted molar refractivity (Wildman–Crippen MR) is 129 cm³/mol. The second-order valence-electron chi connectivity index (χ2n) is 8.37. The molecule has 0 saturated heterocycles. The molecular weight excluding hydrogens is 420 g/mol. The van der Waals surface area contributed by atoms with Crippen LogP contribution in [0.2, 0.25) is 0 Å². The second-order valence-corrected chi connectivity index (χ2v) is 10.3. The first-order valence-corrected chi connectivity index (χ1v) is 12.1. The molecule has 1 atom stereocenters. The van der Waals surface area contributed by atoms with Gasteiger partial charge >= 0.3 is 0 Å². The Morgan fingerprint density at radius 2 is 1.50 bits per heavy atom. The lowest BCUT2D eigenvalue weighted by molar-refractivity contribution is 0.0932. The Morgan fingerprint density at radius 3 is 2.12 bits per heavy atom. The van der Waals surface area contributed by atoms with E-state index in [1.54, 1.807) is 48.5 Å². The molecule has 3 aromatic rings. The van der Waals surface area contributed by atoms with E-state index in [4.69, 9.17) is 0 Å². The van der Waals surface area contributed by atoms with Gasteiger partial charge in [0.15, 0.2) is 0 Å². The van der Waals surface area contributed by atoms with Crippen LogP contribution in [0.5, 0.6) is 0 Å². The number of hydrogen-bond acceptors (Lipinski definition) is 3. The van der Waals surface area contributed by atoms with Gasteiger partial charge in [0.2, 0.25) is 0 Å². The maximum Gasteiger partial charge on any atom is 0.264 e. The van der Waals surface area contributed by atoms with Crippen LogP contribution in [0.15, 0.2) is 83.8 Å². The van der Waals surface area contributed by atoms with Gasteiger partial charge in [-0.15, -0.1) is 0 Å². The molecule has 0 heterocycles. The first-order chi connectivity index (χ1) is 15.2. The SMILES string of the molecule is Cc1ccc(S(=O)(=O)N(C)c2ccccc2C(=O)NC(CC(C)C)c2ccccc2)cc1. The summed E-state index contributed by atoms with van der Waals surface area (Å²) in [5, 5.41) is 3.11. The van der Waals surface area contributed by atoms with Crippen molar-refractivity contribution in [3.63, 3.8) is 0 Å². The van der Waals surface area contributed by atoms with Gasteiger partial charge in [0.05, 0.1) is 22.2 Å². The summed E-state index contributed by atoms with van der Waals surface area (Å²) < 4.78 is 27.6. The third-order valence-electron chi connectivity index (χ3n) is 5.38. The number of rotatable bonds is 8. The largest absolute Gasteiger partial charge is 0.345 e. The number of aryl methyl sites for hydroxylation is 1. The summed E-state index contributed by atoms with van der Waals surface area (Å²) in [5.74, 6) is 0.0707. The summed E-state index contributed by atoms with van der Waals surface area (Å²) in [6.45, 7) is 6.12. The number of carbonyl (C=O) groups is 1. The molecule has 1 amide bonds. The summed E-state index contributed by atoms with van der Waals surface area (Å²) >= 11 is 0. The zero-order chi connectivity index (χ0) is 23.3. The van der Waals surface area contributed by atoms with Crippen LogP contribution in [0.4, 0.5) is 5.69 Å². The van der Waals surface area contributed by atoms with Gasteiger partial charge in [-0.3, -0.25) is 9.10 Å². The molecule has 0 saturated carbocycles. The van der Waals surface area contributed by atoms with E-state index in [0.717, 1.165) is 17.5 Å². The van der Waals surface area contributed by atoms with Crippen molar-refractivity contribution in [3.05, 3.63) is 95.6 Å². The summed E-state index contributed by atoms with van der Waals surface area (Å²) in [4.78, 5) is 13.5. The van der Waals surface area contributed by atoms with E-state index >= 15 is 0 Å². The monoisotopic (exact) mass is 450 g/mol. The zero-order valence-corrected chi connectivity index (χ0v) is 19.8. The van der Waals surface area contributed by atoms with Crippen LogP contribution in [0.25, 0.3) is 0 Å². The lowest BCUT2D eigenvalue weighted by Crippen LogP contribution is -2.33. The number of para-hydroxylation sites is 1. The first kappa shape index (κ1) is 23.5. The third-order valence-corrected chi connectivity index (χ3v) is 7.17. The fourth-order valence-corrected chi connectivity index (χ4v) is 4.82. The molecule has 0 aromatic heterocycles. The second kappa shape index (κ2) is 10.0. The number of hydrogen-bond donors (Lipinski definition) is 1. The summed E-state index contributed by atoms with van der Waals surface area (Å²) in [7, 11) is -2.33. The van der Waals surface area contributed by atoms with Crippen LogP contribution in [0.3, 0.4) is 0 Å². The fraction of sp³-hybridized carbons (Fsp3) is 0.269. The number of nitrogens with zero attached hydrogens (tertiary/aromatic N) is 1. The molecule has 0 radical (unpaired) electrons. The number of nitrogens with one attached hydrogen (secondary N) is 1. The third kappa shape index (κ3) is 5.37. The highest BCUT2D eigenvalue weighted by Crippen LogP contribution is 2.28. The summed E-state index contributed by atoms with van der Waals surface area (Å²) in [6, 6.07) is 23.1. The van der Waals surface area contributed by atoms with Gasteiger partial charge in [-0.1, -0.05) is 74.0 Å². The Balaban J connectivity index is 1.92. The maximum absolute atomic E-state index is 13.3. The van der Waals surface area contributed by atoms with E-state index in [0.29, 0.717) is 17.2 Å². The van der Waals surface area contributed by atoms with Gasteiger partial charge in [0.25, 0.3) is 15.9 Å². The molecule has 0 bridgehead atoms. The highest BCUT2D eigenvalue weighted by molar-refractivity contribution is 7.92. The fourth-order valence-electron chi connectivity index (χ4n) is 3.61. The Kier molecular flexibility index (Phi) is 7.36. The minimum Gasteiger partial charge on any atom is -0.345 e. The van der Waals surface area contributed by atoms with Gasteiger partial charge in [-0.05, 0) is 49.1 Å². The molecule has 3 aromatic carbocycles. The lowest BCUT2D eigenvalue weighted by atomic mass is 9.96. The Morgan fingerprint density at radius 1 is 0.906 bits per heavy atom. The quantitative estimate of drug-likeness (QED) is 0.504. The molecule has 5 nitrogen and oxygen atoms in total. The Labute approximate surface area is 191 Å². The van der Waals surface area contributed by atoms with E-state index in [1.807, 2.05) is 37.3 Å². The maximum atomic E-state index is 13.3. The molecule has 1 unspecified atom stereocenters. The van der Waals surface area contributed by atoms with Crippen LogP contribution in [0, 0.1) is 12.8 Å². The smallest absolute Gasteiger partial charge is 0.264 e. The highest BCUT2D eigenvalue weighted by Gasteiger charge is 2.26.